The molecule has 162 valence electrons. The van der Waals surface area contributed by atoms with Gasteiger partial charge in [0.15, 0.2) is 5.82 Å². The zero-order valence-electron chi connectivity index (χ0n) is 16.4. The Kier molecular flexibility index (Phi) is 5.63. The maximum atomic E-state index is 13.4. The van der Waals surface area contributed by atoms with Gasteiger partial charge in [-0.1, -0.05) is 11.6 Å². The largest absolute Gasteiger partial charge is 0.418 e. The first-order valence-electron chi connectivity index (χ1n) is 9.79. The minimum atomic E-state index is -4.63. The third-order valence-electron chi connectivity index (χ3n) is 5.62. The van der Waals surface area contributed by atoms with E-state index in [0.29, 0.717) is 18.8 Å². The third kappa shape index (κ3) is 4.11. The number of amides is 2. The second-order valence-electron chi connectivity index (χ2n) is 7.65. The molecule has 3 heterocycles. The van der Waals surface area contributed by atoms with Gasteiger partial charge in [0.25, 0.3) is 0 Å². The summed E-state index contributed by atoms with van der Waals surface area (Å²) in [6.45, 7) is 2.88. The van der Waals surface area contributed by atoms with Crippen LogP contribution in [-0.4, -0.2) is 57.3 Å². The molecular weight excluding hydrogens is 421 g/mol. The Bertz CT molecular complexity index is 947. The molecular formula is C19H22ClF3N6O. The molecule has 0 spiro atoms. The summed E-state index contributed by atoms with van der Waals surface area (Å²) in [5, 5.41) is 11.0. The average Bonchev–Trinajstić information content (AvgIpc) is 3.27. The number of aromatic nitrogens is 3. The van der Waals surface area contributed by atoms with E-state index in [1.807, 2.05) is 11.6 Å². The summed E-state index contributed by atoms with van der Waals surface area (Å²) in [7, 11) is 2.04. The third-order valence-corrected chi connectivity index (χ3v) is 5.85. The molecule has 2 aliphatic rings. The monoisotopic (exact) mass is 442 g/mol. The fourth-order valence-corrected chi connectivity index (χ4v) is 4.19. The van der Waals surface area contributed by atoms with E-state index in [0.717, 1.165) is 44.4 Å². The second kappa shape index (κ2) is 8.07. The van der Waals surface area contributed by atoms with Crippen LogP contribution in [0.1, 0.15) is 36.1 Å². The average molecular weight is 443 g/mol. The Morgan fingerprint density at radius 2 is 2.00 bits per heavy atom. The highest BCUT2D eigenvalue weighted by Crippen LogP contribution is 2.38. The number of alkyl halides is 3. The normalized spacial score (nSPS) is 20.2. The molecule has 1 fully saturated rings. The summed E-state index contributed by atoms with van der Waals surface area (Å²) >= 11 is 5.72. The van der Waals surface area contributed by atoms with Gasteiger partial charge in [-0.2, -0.15) is 13.2 Å². The van der Waals surface area contributed by atoms with Crippen LogP contribution in [0.3, 0.4) is 0 Å². The summed E-state index contributed by atoms with van der Waals surface area (Å²) in [4.78, 5) is 16.7. The molecule has 1 saturated heterocycles. The second-order valence-corrected chi connectivity index (χ2v) is 8.09. The van der Waals surface area contributed by atoms with Gasteiger partial charge in [-0.15, -0.1) is 10.2 Å². The number of carbonyl (C=O) groups is 1. The number of urea groups is 1. The van der Waals surface area contributed by atoms with Crippen molar-refractivity contribution in [1.29, 1.82) is 0 Å². The van der Waals surface area contributed by atoms with Gasteiger partial charge in [-0.3, -0.25) is 0 Å². The van der Waals surface area contributed by atoms with Crippen LogP contribution in [0.15, 0.2) is 18.2 Å². The first kappa shape index (κ1) is 20.9. The van der Waals surface area contributed by atoms with E-state index in [4.69, 9.17) is 11.6 Å². The van der Waals surface area contributed by atoms with E-state index in [1.165, 1.54) is 12.1 Å². The maximum Gasteiger partial charge on any atom is 0.418 e. The van der Waals surface area contributed by atoms with Crippen LogP contribution < -0.4 is 5.32 Å². The van der Waals surface area contributed by atoms with Gasteiger partial charge >= 0.3 is 12.2 Å². The van der Waals surface area contributed by atoms with Gasteiger partial charge in [0.05, 0.1) is 17.3 Å². The predicted molar refractivity (Wildman–Crippen MR) is 105 cm³/mol. The standard InChI is InChI=1S/C19H22ClF3N6O/c1-27-8-6-16-25-26-17(29(16)10-9-27)15-3-2-7-28(15)18(30)24-14-5-4-12(20)11-13(14)19(21,22)23/h4-5,11,15H,2-3,6-10H2,1H3,(H,24,30). The smallest absolute Gasteiger partial charge is 0.314 e. The van der Waals surface area contributed by atoms with Gasteiger partial charge in [-0.05, 0) is 38.1 Å². The molecule has 30 heavy (non-hydrogen) atoms. The number of likely N-dealkylation sites (N-methyl/N-ethyl adjacent to an activating group) is 1. The number of halogens is 4. The molecule has 1 N–H and O–H groups in total. The van der Waals surface area contributed by atoms with Crippen molar-refractivity contribution in [3.8, 4) is 0 Å². The molecule has 2 amide bonds. The fourth-order valence-electron chi connectivity index (χ4n) is 4.02. The fraction of sp³-hybridized carbons (Fsp3) is 0.526. The SMILES string of the molecule is CN1CCc2nnc(C3CCCN3C(=O)Nc3ccc(Cl)cc3C(F)(F)F)n2CC1. The molecule has 1 unspecified atom stereocenters. The van der Waals surface area contributed by atoms with Gasteiger partial charge < -0.3 is 19.7 Å². The highest BCUT2D eigenvalue weighted by atomic mass is 35.5. The van der Waals surface area contributed by atoms with Crippen molar-refractivity contribution in [2.45, 2.75) is 38.0 Å². The Morgan fingerprint density at radius 1 is 1.20 bits per heavy atom. The van der Waals surface area contributed by atoms with Crippen molar-refractivity contribution in [3.05, 3.63) is 40.4 Å². The first-order valence-corrected chi connectivity index (χ1v) is 10.2. The number of rotatable bonds is 2. The van der Waals surface area contributed by atoms with Crippen molar-refractivity contribution >= 4 is 23.3 Å². The van der Waals surface area contributed by atoms with Crippen LogP contribution in [-0.2, 0) is 19.1 Å². The zero-order valence-corrected chi connectivity index (χ0v) is 17.2. The first-order chi connectivity index (χ1) is 14.2. The summed E-state index contributed by atoms with van der Waals surface area (Å²) < 4.78 is 42.1. The van der Waals surface area contributed by atoms with Crippen LogP contribution in [0.2, 0.25) is 5.02 Å². The summed E-state index contributed by atoms with van der Waals surface area (Å²) in [6, 6.07) is 2.40. The molecule has 7 nitrogen and oxygen atoms in total. The van der Waals surface area contributed by atoms with Crippen molar-refractivity contribution < 1.29 is 18.0 Å². The van der Waals surface area contributed by atoms with E-state index in [2.05, 4.69) is 20.4 Å². The molecule has 2 aliphatic heterocycles. The van der Waals surface area contributed by atoms with Crippen molar-refractivity contribution in [2.24, 2.45) is 0 Å². The van der Waals surface area contributed by atoms with Crippen LogP contribution in [0.5, 0.6) is 0 Å². The summed E-state index contributed by atoms with van der Waals surface area (Å²) in [5.74, 6) is 1.57. The van der Waals surface area contributed by atoms with E-state index in [1.54, 1.807) is 4.90 Å². The van der Waals surface area contributed by atoms with Crippen molar-refractivity contribution in [2.75, 3.05) is 32.0 Å². The Morgan fingerprint density at radius 3 is 2.77 bits per heavy atom. The topological polar surface area (TPSA) is 66.3 Å². The number of likely N-dealkylation sites (tertiary alicyclic amines) is 1. The molecule has 0 saturated carbocycles. The molecule has 0 bridgehead atoms. The van der Waals surface area contributed by atoms with E-state index >= 15 is 0 Å². The lowest BCUT2D eigenvalue weighted by molar-refractivity contribution is -0.136. The Labute approximate surface area is 176 Å². The Hall–Kier alpha value is -2.33. The Balaban J connectivity index is 1.57. The van der Waals surface area contributed by atoms with E-state index in [-0.39, 0.29) is 16.8 Å². The lowest BCUT2D eigenvalue weighted by Gasteiger charge is -2.26. The van der Waals surface area contributed by atoms with Crippen LogP contribution in [0.25, 0.3) is 0 Å². The lowest BCUT2D eigenvalue weighted by atomic mass is 10.1. The predicted octanol–water partition coefficient (Wildman–Crippen LogP) is 3.81. The molecule has 4 rings (SSSR count). The number of anilines is 1. The number of benzene rings is 1. The highest BCUT2D eigenvalue weighted by molar-refractivity contribution is 6.30. The number of fused-ring (bicyclic) bond motifs is 1. The number of carbonyl (C=O) groups excluding carboxylic acids is 1. The molecule has 1 aromatic heterocycles. The van der Waals surface area contributed by atoms with Crippen LogP contribution in [0, 0.1) is 0 Å². The molecule has 1 aromatic carbocycles. The zero-order chi connectivity index (χ0) is 21.5. The minimum absolute atomic E-state index is 0.0458. The molecule has 2 aromatic rings. The van der Waals surface area contributed by atoms with Gasteiger partial charge in [0, 0.05) is 37.6 Å². The number of nitrogens with zero attached hydrogens (tertiary/aromatic N) is 5. The molecule has 11 heteroatoms. The van der Waals surface area contributed by atoms with Gasteiger partial charge in [0.1, 0.15) is 5.82 Å². The molecule has 0 radical (unpaired) electrons. The van der Waals surface area contributed by atoms with Gasteiger partial charge in [-0.25, -0.2) is 4.79 Å². The minimum Gasteiger partial charge on any atom is -0.314 e. The van der Waals surface area contributed by atoms with Gasteiger partial charge in [0.2, 0.25) is 0 Å². The van der Waals surface area contributed by atoms with Crippen molar-refractivity contribution in [1.82, 2.24) is 24.6 Å². The van der Waals surface area contributed by atoms with Crippen LogP contribution >= 0.6 is 11.6 Å². The summed E-state index contributed by atoms with van der Waals surface area (Å²) in [6.07, 6.45) is -2.43. The molecule has 1 atom stereocenters. The number of nitrogens with one attached hydrogen (secondary N) is 1. The maximum absolute atomic E-state index is 13.4. The summed E-state index contributed by atoms with van der Waals surface area (Å²) in [5.41, 5.74) is -1.29. The number of hydrogen-bond donors (Lipinski definition) is 1. The molecule has 0 aliphatic carbocycles. The number of hydrogen-bond acceptors (Lipinski definition) is 4. The van der Waals surface area contributed by atoms with E-state index < -0.39 is 17.8 Å². The van der Waals surface area contributed by atoms with Crippen molar-refractivity contribution in [3.63, 3.8) is 0 Å². The quantitative estimate of drug-likeness (QED) is 0.768. The van der Waals surface area contributed by atoms with Crippen LogP contribution in [0.4, 0.5) is 23.7 Å². The van der Waals surface area contributed by atoms with E-state index in [9.17, 15) is 18.0 Å². The lowest BCUT2D eigenvalue weighted by Crippen LogP contribution is -2.36. The highest BCUT2D eigenvalue weighted by Gasteiger charge is 2.37.